The maximum Gasteiger partial charge on any atom is 0.152 e. The number of hydrogen-bond acceptors (Lipinski definition) is 3. The lowest BCUT2D eigenvalue weighted by Crippen LogP contribution is -2.05. The molecule has 0 saturated carbocycles. The average molecular weight is 287 g/mol. The van der Waals surface area contributed by atoms with Gasteiger partial charge in [0.25, 0.3) is 0 Å². The van der Waals surface area contributed by atoms with Crippen molar-refractivity contribution in [3.8, 4) is 0 Å². The lowest BCUT2D eigenvalue weighted by Gasteiger charge is -2.11. The molecule has 3 nitrogen and oxygen atoms in total. The molecule has 1 aliphatic rings. The summed E-state index contributed by atoms with van der Waals surface area (Å²) in [4.78, 5) is 10.7. The molecule has 0 unspecified atom stereocenters. The molecule has 2 rings (SSSR count). The van der Waals surface area contributed by atoms with Crippen molar-refractivity contribution in [1.82, 2.24) is 5.32 Å². The van der Waals surface area contributed by atoms with Crippen molar-refractivity contribution < 1.29 is 13.9 Å². The van der Waals surface area contributed by atoms with Crippen LogP contribution in [0.4, 0.5) is 4.39 Å². The van der Waals surface area contributed by atoms with Crippen LogP contribution in [-0.2, 0) is 4.74 Å². The van der Waals surface area contributed by atoms with E-state index in [2.05, 4.69) is 12.2 Å². The van der Waals surface area contributed by atoms with E-state index in [1.807, 2.05) is 19.2 Å². The summed E-state index contributed by atoms with van der Waals surface area (Å²) >= 11 is 0. The van der Waals surface area contributed by atoms with Crippen LogP contribution in [0.3, 0.4) is 0 Å². The highest BCUT2D eigenvalue weighted by atomic mass is 19.1. The Hall–Kier alpha value is -2.36. The maximum absolute atomic E-state index is 13.8. The molecular weight excluding hydrogens is 269 g/mol. The third kappa shape index (κ3) is 3.05. The van der Waals surface area contributed by atoms with Crippen LogP contribution in [0.15, 0.2) is 47.5 Å². The molecule has 0 saturated heterocycles. The molecule has 0 radical (unpaired) electrons. The van der Waals surface area contributed by atoms with Crippen LogP contribution in [0.1, 0.15) is 36.2 Å². The molecule has 0 bridgehead atoms. The van der Waals surface area contributed by atoms with Crippen LogP contribution < -0.4 is 5.32 Å². The average Bonchev–Trinajstić information content (AvgIpc) is 2.65. The largest absolute Gasteiger partial charge is 0.496 e. The van der Waals surface area contributed by atoms with Crippen molar-refractivity contribution in [2.75, 3.05) is 7.11 Å². The molecule has 110 valence electrons. The van der Waals surface area contributed by atoms with Crippen molar-refractivity contribution in [2.45, 2.75) is 20.3 Å². The van der Waals surface area contributed by atoms with Crippen LogP contribution >= 0.6 is 0 Å². The Morgan fingerprint density at radius 3 is 2.71 bits per heavy atom. The summed E-state index contributed by atoms with van der Waals surface area (Å²) < 4.78 is 19.2. The van der Waals surface area contributed by atoms with Gasteiger partial charge in [-0.15, -0.1) is 0 Å². The number of halogens is 1. The smallest absolute Gasteiger partial charge is 0.152 e. The summed E-state index contributed by atoms with van der Waals surface area (Å²) in [5.41, 5.74) is 3.62. The Labute approximate surface area is 123 Å². The number of carbonyl (C=O) groups excluding carboxylic acids is 1. The summed E-state index contributed by atoms with van der Waals surface area (Å²) in [6.45, 7) is 4.03. The topological polar surface area (TPSA) is 38.3 Å². The molecule has 21 heavy (non-hydrogen) atoms. The molecule has 0 amide bonds. The number of carbonyl (C=O) groups is 1. The monoisotopic (exact) mass is 287 g/mol. The summed E-state index contributed by atoms with van der Waals surface area (Å²) in [6.07, 6.45) is 5.03. The number of allylic oxidation sites excluding steroid dienone is 4. The maximum atomic E-state index is 13.8. The molecule has 1 aliphatic heterocycles. The second-order valence-corrected chi connectivity index (χ2v) is 4.77. The summed E-state index contributed by atoms with van der Waals surface area (Å²) in [5.74, 6) is 0.228. The minimum absolute atomic E-state index is 0.0560. The molecular formula is C17H18FNO2. The highest BCUT2D eigenvalue weighted by Gasteiger charge is 2.14. The number of rotatable bonds is 4. The second-order valence-electron chi connectivity index (χ2n) is 4.77. The van der Waals surface area contributed by atoms with Crippen molar-refractivity contribution in [2.24, 2.45) is 0 Å². The van der Waals surface area contributed by atoms with Gasteiger partial charge in [0.1, 0.15) is 11.6 Å². The normalized spacial score (nSPS) is 14.9. The van der Waals surface area contributed by atoms with Gasteiger partial charge in [-0.05, 0) is 37.1 Å². The number of ether oxygens (including phenoxy) is 1. The van der Waals surface area contributed by atoms with E-state index < -0.39 is 5.82 Å². The third-order valence-corrected chi connectivity index (χ3v) is 3.52. The summed E-state index contributed by atoms with van der Waals surface area (Å²) in [5, 5.41) is 3.20. The zero-order chi connectivity index (χ0) is 15.4. The van der Waals surface area contributed by atoms with E-state index >= 15 is 0 Å². The Bertz CT molecular complexity index is 657. The molecule has 1 N–H and O–H groups in total. The van der Waals surface area contributed by atoms with Gasteiger partial charge < -0.3 is 10.1 Å². The molecule has 1 aromatic carbocycles. The fourth-order valence-corrected chi connectivity index (χ4v) is 2.32. The minimum atomic E-state index is -0.527. The first kappa shape index (κ1) is 15.0. The fourth-order valence-electron chi connectivity index (χ4n) is 2.32. The Morgan fingerprint density at radius 2 is 2.14 bits per heavy atom. The number of methoxy groups -OCH3 is 1. The Morgan fingerprint density at radius 1 is 1.38 bits per heavy atom. The summed E-state index contributed by atoms with van der Waals surface area (Å²) in [7, 11) is 1.62. The van der Waals surface area contributed by atoms with E-state index in [0.29, 0.717) is 11.8 Å². The summed E-state index contributed by atoms with van der Waals surface area (Å²) in [6, 6.07) is 4.55. The van der Waals surface area contributed by atoms with Gasteiger partial charge in [0.15, 0.2) is 6.29 Å². The van der Waals surface area contributed by atoms with Crippen LogP contribution in [0.25, 0.3) is 5.57 Å². The first-order valence-electron chi connectivity index (χ1n) is 6.78. The standard InChI is InChI=1S/C17H18FNO2/c1-4-15-11(2)19-9-14(8-17(15)21-3)12-5-6-13(10-20)16(18)7-12/h5-10,19H,4H2,1-3H3. The first-order chi connectivity index (χ1) is 10.1. The van der Waals surface area contributed by atoms with E-state index in [1.165, 1.54) is 12.1 Å². The number of hydrogen-bond donors (Lipinski definition) is 1. The zero-order valence-corrected chi connectivity index (χ0v) is 12.4. The van der Waals surface area contributed by atoms with Gasteiger partial charge in [0, 0.05) is 23.0 Å². The predicted molar refractivity (Wildman–Crippen MR) is 81.0 cm³/mol. The lowest BCUT2D eigenvalue weighted by molar-refractivity contribution is 0.112. The molecule has 0 atom stereocenters. The van der Waals surface area contributed by atoms with Crippen molar-refractivity contribution >= 4 is 11.9 Å². The van der Waals surface area contributed by atoms with Crippen LogP contribution in [-0.4, -0.2) is 13.4 Å². The molecule has 0 spiro atoms. The predicted octanol–water partition coefficient (Wildman–Crippen LogP) is 3.80. The molecule has 1 heterocycles. The van der Waals surface area contributed by atoms with Crippen molar-refractivity contribution in [3.05, 3.63) is 64.4 Å². The van der Waals surface area contributed by atoms with Gasteiger partial charge in [-0.3, -0.25) is 4.79 Å². The van der Waals surface area contributed by atoms with Gasteiger partial charge in [-0.1, -0.05) is 13.0 Å². The molecule has 1 aromatic rings. The Kier molecular flexibility index (Phi) is 4.58. The van der Waals surface area contributed by atoms with Crippen LogP contribution in [0.5, 0.6) is 0 Å². The molecule has 4 heteroatoms. The number of nitrogens with one attached hydrogen (secondary N) is 1. The molecule has 0 fully saturated rings. The quantitative estimate of drug-likeness (QED) is 0.856. The van der Waals surface area contributed by atoms with E-state index in [0.717, 1.165) is 29.0 Å². The first-order valence-corrected chi connectivity index (χ1v) is 6.78. The molecule has 0 aromatic heterocycles. The highest BCUT2D eigenvalue weighted by Crippen LogP contribution is 2.27. The van der Waals surface area contributed by atoms with Crippen molar-refractivity contribution in [1.29, 1.82) is 0 Å². The fraction of sp³-hybridized carbons (Fsp3) is 0.235. The number of benzene rings is 1. The van der Waals surface area contributed by atoms with E-state index in [9.17, 15) is 9.18 Å². The van der Waals surface area contributed by atoms with Crippen LogP contribution in [0, 0.1) is 5.82 Å². The minimum Gasteiger partial charge on any atom is -0.496 e. The van der Waals surface area contributed by atoms with Gasteiger partial charge in [0.05, 0.1) is 12.7 Å². The number of aldehydes is 1. The molecule has 0 aliphatic carbocycles. The van der Waals surface area contributed by atoms with Gasteiger partial charge >= 0.3 is 0 Å². The van der Waals surface area contributed by atoms with E-state index in [1.54, 1.807) is 13.2 Å². The van der Waals surface area contributed by atoms with Crippen molar-refractivity contribution in [3.63, 3.8) is 0 Å². The van der Waals surface area contributed by atoms with Crippen LogP contribution in [0.2, 0.25) is 0 Å². The van der Waals surface area contributed by atoms with E-state index in [-0.39, 0.29) is 5.56 Å². The van der Waals surface area contributed by atoms with Gasteiger partial charge in [-0.25, -0.2) is 4.39 Å². The van der Waals surface area contributed by atoms with Gasteiger partial charge in [-0.2, -0.15) is 0 Å². The third-order valence-electron chi connectivity index (χ3n) is 3.52. The SMILES string of the molecule is CCC1=C(C)NC=C(c2ccc(C=O)c(F)c2)C=C1OC. The highest BCUT2D eigenvalue weighted by molar-refractivity contribution is 5.80. The van der Waals surface area contributed by atoms with E-state index in [4.69, 9.17) is 4.74 Å². The Balaban J connectivity index is 2.46. The lowest BCUT2D eigenvalue weighted by atomic mass is 10.0. The zero-order valence-electron chi connectivity index (χ0n) is 12.4. The van der Waals surface area contributed by atoms with Gasteiger partial charge in [0.2, 0.25) is 0 Å². The second kappa shape index (κ2) is 6.39.